The van der Waals surface area contributed by atoms with Gasteiger partial charge >= 0.3 is 6.18 Å². The van der Waals surface area contributed by atoms with E-state index >= 15 is 0 Å². The van der Waals surface area contributed by atoms with Crippen LogP contribution in [0.2, 0.25) is 0 Å². The maximum atomic E-state index is 14.0. The third-order valence-electron chi connectivity index (χ3n) is 6.97. The van der Waals surface area contributed by atoms with Crippen LogP contribution in [0.4, 0.5) is 13.2 Å². The zero-order valence-electron chi connectivity index (χ0n) is 20.9. The predicted molar refractivity (Wildman–Crippen MR) is 140 cm³/mol. The van der Waals surface area contributed by atoms with Crippen LogP contribution in [0.5, 0.6) is 0 Å². The molecule has 1 fully saturated rings. The zero-order valence-corrected chi connectivity index (χ0v) is 21.8. The lowest BCUT2D eigenvalue weighted by molar-refractivity contribution is -0.137. The molecule has 2 heterocycles. The predicted octanol–water partition coefficient (Wildman–Crippen LogP) is 6.20. The smallest absolute Gasteiger partial charge is 0.381 e. The molecule has 6 nitrogen and oxygen atoms in total. The lowest BCUT2D eigenvalue weighted by atomic mass is 9.79. The summed E-state index contributed by atoms with van der Waals surface area (Å²) in [5.74, 6) is 0.0749. The monoisotopic (exact) mass is 551 g/mol. The van der Waals surface area contributed by atoms with Gasteiger partial charge in [-0.2, -0.15) is 18.4 Å². The van der Waals surface area contributed by atoms with E-state index in [9.17, 15) is 26.9 Å². The minimum absolute atomic E-state index is 0.0749. The third kappa shape index (κ3) is 5.20. The molecular weight excluding hydrogens is 527 g/mol. The summed E-state index contributed by atoms with van der Waals surface area (Å²) in [6.07, 6.45) is -1.06. The van der Waals surface area contributed by atoms with Gasteiger partial charge in [0.25, 0.3) is 0 Å². The van der Waals surface area contributed by atoms with Gasteiger partial charge < -0.3 is 4.74 Å². The van der Waals surface area contributed by atoms with Gasteiger partial charge in [-0.05, 0) is 54.3 Å². The molecule has 0 amide bonds. The topological polar surface area (TPSA) is 85.0 Å². The molecule has 1 aliphatic rings. The molecule has 0 N–H and O–H groups in total. The fourth-order valence-corrected chi connectivity index (χ4v) is 5.46. The Morgan fingerprint density at radius 3 is 2.31 bits per heavy atom. The molecule has 0 saturated carbocycles. The fraction of sp³-hybridized carbons (Fsp3) is 0.241. The van der Waals surface area contributed by atoms with Crippen molar-refractivity contribution in [3.8, 4) is 34.3 Å². The van der Waals surface area contributed by atoms with Crippen LogP contribution in [0, 0.1) is 11.3 Å². The first-order valence-electron chi connectivity index (χ1n) is 12.2. The van der Waals surface area contributed by atoms with E-state index in [4.69, 9.17) is 4.74 Å². The highest BCUT2D eigenvalue weighted by molar-refractivity contribution is 7.90. The van der Waals surface area contributed by atoms with Gasteiger partial charge in [0.2, 0.25) is 0 Å². The van der Waals surface area contributed by atoms with E-state index in [0.717, 1.165) is 17.9 Å². The van der Waals surface area contributed by atoms with Crippen molar-refractivity contribution in [3.63, 3.8) is 0 Å². The van der Waals surface area contributed by atoms with Crippen LogP contribution in [0.25, 0.3) is 28.2 Å². The summed E-state index contributed by atoms with van der Waals surface area (Å²) in [7, 11) is -3.39. The van der Waals surface area contributed by atoms with Gasteiger partial charge in [0.15, 0.2) is 9.84 Å². The van der Waals surface area contributed by atoms with Crippen molar-refractivity contribution < 1.29 is 26.3 Å². The molecule has 200 valence electrons. The fourth-order valence-electron chi connectivity index (χ4n) is 4.79. The van der Waals surface area contributed by atoms with Gasteiger partial charge in [0, 0.05) is 36.9 Å². The number of aromatic nitrogens is 2. The Morgan fingerprint density at radius 2 is 1.67 bits per heavy atom. The van der Waals surface area contributed by atoms with Crippen molar-refractivity contribution in [1.29, 1.82) is 5.26 Å². The Hall–Kier alpha value is -3.94. The molecule has 0 unspecified atom stereocenters. The number of imidazole rings is 1. The summed E-state index contributed by atoms with van der Waals surface area (Å²) in [5.41, 5.74) is 0.465. The average molecular weight is 552 g/mol. The Kier molecular flexibility index (Phi) is 6.83. The van der Waals surface area contributed by atoms with E-state index in [2.05, 4.69) is 11.1 Å². The maximum Gasteiger partial charge on any atom is 0.417 e. The van der Waals surface area contributed by atoms with E-state index in [1.54, 1.807) is 53.2 Å². The van der Waals surface area contributed by atoms with Gasteiger partial charge in [-0.3, -0.25) is 4.57 Å². The Balaban J connectivity index is 1.65. The largest absolute Gasteiger partial charge is 0.417 e. The Morgan fingerprint density at radius 1 is 0.974 bits per heavy atom. The summed E-state index contributed by atoms with van der Waals surface area (Å²) in [4.78, 5) is 4.82. The van der Waals surface area contributed by atoms with E-state index in [0.29, 0.717) is 43.0 Å². The number of nitriles is 1. The van der Waals surface area contributed by atoms with Gasteiger partial charge in [-0.1, -0.05) is 42.5 Å². The number of halogens is 3. The molecule has 1 saturated heterocycles. The molecule has 0 radical (unpaired) electrons. The average Bonchev–Trinajstić information content (AvgIpc) is 3.39. The lowest BCUT2D eigenvalue weighted by Crippen LogP contribution is -2.32. The van der Waals surface area contributed by atoms with Crippen LogP contribution in [0.1, 0.15) is 24.1 Å². The molecule has 0 bridgehead atoms. The third-order valence-corrected chi connectivity index (χ3v) is 8.08. The first-order valence-corrected chi connectivity index (χ1v) is 14.1. The minimum atomic E-state index is -4.60. The van der Waals surface area contributed by atoms with Crippen LogP contribution in [0.15, 0.2) is 83.9 Å². The van der Waals surface area contributed by atoms with Crippen molar-refractivity contribution in [2.24, 2.45) is 0 Å². The molecule has 4 aromatic rings. The molecule has 10 heteroatoms. The number of alkyl halides is 3. The lowest BCUT2D eigenvalue weighted by Gasteiger charge is -2.28. The molecular formula is C29H24F3N3O3S. The second-order valence-corrected chi connectivity index (χ2v) is 11.5. The van der Waals surface area contributed by atoms with Crippen LogP contribution < -0.4 is 0 Å². The van der Waals surface area contributed by atoms with E-state index in [1.807, 2.05) is 0 Å². The highest BCUT2D eigenvalue weighted by Crippen LogP contribution is 2.40. The minimum Gasteiger partial charge on any atom is -0.381 e. The molecule has 0 spiro atoms. The van der Waals surface area contributed by atoms with Gasteiger partial charge in [0.1, 0.15) is 11.2 Å². The van der Waals surface area contributed by atoms with Gasteiger partial charge in [-0.25, -0.2) is 13.4 Å². The number of nitrogens with zero attached hydrogens (tertiary/aromatic N) is 3. The van der Waals surface area contributed by atoms with Crippen molar-refractivity contribution in [2.75, 3.05) is 19.5 Å². The molecule has 5 rings (SSSR count). The zero-order chi connectivity index (χ0) is 27.8. The van der Waals surface area contributed by atoms with E-state index in [-0.39, 0.29) is 16.3 Å². The summed E-state index contributed by atoms with van der Waals surface area (Å²) in [5, 5.41) is 10.1. The number of rotatable bonds is 5. The molecule has 1 aromatic heterocycles. The molecule has 3 aromatic carbocycles. The van der Waals surface area contributed by atoms with Gasteiger partial charge in [-0.15, -0.1) is 0 Å². The highest BCUT2D eigenvalue weighted by atomic mass is 32.2. The number of ether oxygens (including phenoxy) is 1. The highest BCUT2D eigenvalue weighted by Gasteiger charge is 2.39. The van der Waals surface area contributed by atoms with Crippen molar-refractivity contribution in [3.05, 3.63) is 90.3 Å². The second-order valence-electron chi connectivity index (χ2n) is 9.52. The van der Waals surface area contributed by atoms with Crippen LogP contribution in [-0.2, 0) is 26.2 Å². The number of benzene rings is 3. The van der Waals surface area contributed by atoms with Crippen LogP contribution >= 0.6 is 0 Å². The van der Waals surface area contributed by atoms with Crippen molar-refractivity contribution in [2.45, 2.75) is 29.3 Å². The SMILES string of the molecule is CS(=O)(=O)c1cccc(-c2ccc(-n3cc(C4(C#N)CCOCC4)nc3-c3ccccc3C(F)(F)F)cc2)c1. The molecule has 0 atom stereocenters. The first kappa shape index (κ1) is 26.7. The summed E-state index contributed by atoms with van der Waals surface area (Å²) < 4.78 is 72.9. The van der Waals surface area contributed by atoms with Crippen molar-refractivity contribution >= 4 is 9.84 Å². The van der Waals surface area contributed by atoms with Crippen LogP contribution in [-0.4, -0.2) is 37.4 Å². The standard InChI is InChI=1S/C29H24F3N3O3S/c1-39(36,37)23-6-4-5-21(17-23)20-9-11-22(12-10-20)35-18-26(28(19-33)13-15-38-16-14-28)34-27(35)24-7-2-3-8-25(24)29(30,31)32/h2-12,17-18H,13-16H2,1H3. The number of sulfone groups is 1. The van der Waals surface area contributed by atoms with Gasteiger partial charge in [0.05, 0.1) is 22.2 Å². The quantitative estimate of drug-likeness (QED) is 0.295. The number of hydrogen-bond donors (Lipinski definition) is 0. The summed E-state index contributed by atoms with van der Waals surface area (Å²) in [6.45, 7) is 0.715. The first-order chi connectivity index (χ1) is 18.5. The molecule has 39 heavy (non-hydrogen) atoms. The van der Waals surface area contributed by atoms with E-state index < -0.39 is 27.0 Å². The van der Waals surface area contributed by atoms with Crippen molar-refractivity contribution in [1.82, 2.24) is 9.55 Å². The normalized spacial score (nSPS) is 15.6. The van der Waals surface area contributed by atoms with Crippen LogP contribution in [0.3, 0.4) is 0 Å². The summed E-state index contributed by atoms with van der Waals surface area (Å²) in [6, 6.07) is 21.1. The molecule has 1 aliphatic heterocycles. The number of hydrogen-bond acceptors (Lipinski definition) is 5. The summed E-state index contributed by atoms with van der Waals surface area (Å²) >= 11 is 0. The second kappa shape index (κ2) is 9.98. The Bertz CT molecular complexity index is 1660. The van der Waals surface area contributed by atoms with E-state index in [1.165, 1.54) is 24.3 Å². The molecule has 0 aliphatic carbocycles. The maximum absolute atomic E-state index is 14.0. The Labute approximate surface area is 224 Å².